The van der Waals surface area contributed by atoms with E-state index in [0.717, 1.165) is 22.5 Å². The molecule has 3 aromatic rings. The third-order valence-electron chi connectivity index (χ3n) is 3.93. The van der Waals surface area contributed by atoms with Crippen LogP contribution < -0.4 is 5.32 Å². The van der Waals surface area contributed by atoms with E-state index in [2.05, 4.69) is 10.4 Å². The topological polar surface area (TPSA) is 50.1 Å². The first-order chi connectivity index (χ1) is 11.6. The summed E-state index contributed by atoms with van der Waals surface area (Å²) < 4.78 is 1.88. The van der Waals surface area contributed by atoms with E-state index in [1.807, 2.05) is 60.3 Å². The maximum absolute atomic E-state index is 10.2. The molecule has 0 aliphatic heterocycles. The van der Waals surface area contributed by atoms with Crippen LogP contribution in [-0.4, -0.2) is 21.4 Å². The van der Waals surface area contributed by atoms with Crippen LogP contribution in [0.4, 0.5) is 0 Å². The van der Waals surface area contributed by atoms with E-state index in [4.69, 9.17) is 11.6 Å². The van der Waals surface area contributed by atoms with Crippen LogP contribution in [0.15, 0.2) is 60.8 Å². The van der Waals surface area contributed by atoms with Gasteiger partial charge in [0.05, 0.1) is 17.5 Å². The molecule has 0 bridgehead atoms. The van der Waals surface area contributed by atoms with E-state index >= 15 is 0 Å². The van der Waals surface area contributed by atoms with Crippen LogP contribution in [0, 0.1) is 6.92 Å². The smallest absolute Gasteiger partial charge is 0.0914 e. The second-order valence-corrected chi connectivity index (χ2v) is 6.15. The predicted octanol–water partition coefficient (Wildman–Crippen LogP) is 3.66. The van der Waals surface area contributed by atoms with Crippen molar-refractivity contribution in [2.24, 2.45) is 0 Å². The van der Waals surface area contributed by atoms with Crippen molar-refractivity contribution in [1.29, 1.82) is 0 Å². The zero-order valence-corrected chi connectivity index (χ0v) is 14.2. The van der Waals surface area contributed by atoms with Gasteiger partial charge in [-0.25, -0.2) is 4.68 Å². The number of rotatable bonds is 6. The molecular weight excluding hydrogens is 322 g/mol. The van der Waals surface area contributed by atoms with Crippen molar-refractivity contribution in [3.8, 4) is 5.69 Å². The molecule has 2 N–H and O–H groups in total. The molecule has 124 valence electrons. The summed E-state index contributed by atoms with van der Waals surface area (Å²) in [5, 5.41) is 18.7. The zero-order valence-electron chi connectivity index (χ0n) is 13.5. The van der Waals surface area contributed by atoms with Gasteiger partial charge in [0.1, 0.15) is 0 Å². The molecule has 0 radical (unpaired) electrons. The van der Waals surface area contributed by atoms with Gasteiger partial charge in [-0.05, 0) is 36.8 Å². The average Bonchev–Trinajstić information content (AvgIpc) is 2.97. The maximum Gasteiger partial charge on any atom is 0.0914 e. The highest BCUT2D eigenvalue weighted by Crippen LogP contribution is 2.16. The number of para-hydroxylation sites is 1. The molecule has 1 atom stereocenters. The SMILES string of the molecule is Cc1nn(-c2ccccc2)cc1CNCC(O)c1ccc(Cl)cc1. The quantitative estimate of drug-likeness (QED) is 0.719. The highest BCUT2D eigenvalue weighted by Gasteiger charge is 2.09. The number of benzene rings is 2. The first-order valence-corrected chi connectivity index (χ1v) is 8.26. The molecule has 5 heteroatoms. The van der Waals surface area contributed by atoms with Gasteiger partial charge in [-0.15, -0.1) is 0 Å². The average molecular weight is 342 g/mol. The van der Waals surface area contributed by atoms with Crippen LogP contribution in [-0.2, 0) is 6.54 Å². The number of aliphatic hydroxyl groups is 1. The van der Waals surface area contributed by atoms with Gasteiger partial charge in [0, 0.05) is 29.9 Å². The Labute approximate surface area is 146 Å². The summed E-state index contributed by atoms with van der Waals surface area (Å²) in [5.41, 5.74) is 3.98. The van der Waals surface area contributed by atoms with Crippen LogP contribution in [0.25, 0.3) is 5.69 Å². The summed E-state index contributed by atoms with van der Waals surface area (Å²) in [6.45, 7) is 3.12. The van der Waals surface area contributed by atoms with Crippen molar-refractivity contribution >= 4 is 11.6 Å². The van der Waals surface area contributed by atoms with Gasteiger partial charge < -0.3 is 10.4 Å². The molecule has 3 rings (SSSR count). The second kappa shape index (κ2) is 7.62. The molecule has 24 heavy (non-hydrogen) atoms. The molecule has 1 unspecified atom stereocenters. The van der Waals surface area contributed by atoms with Crippen LogP contribution in [0.1, 0.15) is 22.9 Å². The molecule has 2 aromatic carbocycles. The largest absolute Gasteiger partial charge is 0.387 e. The van der Waals surface area contributed by atoms with Gasteiger partial charge in [0.15, 0.2) is 0 Å². The Hall–Kier alpha value is -2.14. The summed E-state index contributed by atoms with van der Waals surface area (Å²) in [6, 6.07) is 17.3. The minimum absolute atomic E-state index is 0.470. The Morgan fingerprint density at radius 2 is 1.83 bits per heavy atom. The molecule has 1 aromatic heterocycles. The van der Waals surface area contributed by atoms with E-state index in [0.29, 0.717) is 18.1 Å². The molecule has 0 amide bonds. The molecule has 0 spiro atoms. The van der Waals surface area contributed by atoms with Crippen molar-refractivity contribution in [2.45, 2.75) is 19.6 Å². The first kappa shape index (κ1) is 16.7. The fraction of sp³-hybridized carbons (Fsp3) is 0.211. The van der Waals surface area contributed by atoms with Gasteiger partial charge in [0.25, 0.3) is 0 Å². The number of aliphatic hydroxyl groups excluding tert-OH is 1. The van der Waals surface area contributed by atoms with Gasteiger partial charge in [-0.1, -0.05) is 41.9 Å². The van der Waals surface area contributed by atoms with Gasteiger partial charge in [0.2, 0.25) is 0 Å². The number of nitrogens with zero attached hydrogens (tertiary/aromatic N) is 2. The molecule has 0 saturated carbocycles. The van der Waals surface area contributed by atoms with Gasteiger partial charge in [-0.2, -0.15) is 5.10 Å². The Morgan fingerprint density at radius 3 is 2.54 bits per heavy atom. The number of hydrogen-bond donors (Lipinski definition) is 2. The van der Waals surface area contributed by atoms with Gasteiger partial charge in [-0.3, -0.25) is 0 Å². The molecule has 1 heterocycles. The Morgan fingerprint density at radius 1 is 1.12 bits per heavy atom. The standard InChI is InChI=1S/C19H20ClN3O/c1-14-16(13-23(22-14)18-5-3-2-4-6-18)11-21-12-19(24)15-7-9-17(20)10-8-15/h2-10,13,19,21,24H,11-12H2,1H3. The lowest BCUT2D eigenvalue weighted by molar-refractivity contribution is 0.174. The van der Waals surface area contributed by atoms with Crippen LogP contribution >= 0.6 is 11.6 Å². The zero-order chi connectivity index (χ0) is 16.9. The fourth-order valence-electron chi connectivity index (χ4n) is 2.53. The van der Waals surface area contributed by atoms with E-state index in [1.54, 1.807) is 12.1 Å². The second-order valence-electron chi connectivity index (χ2n) is 5.72. The Balaban J connectivity index is 1.59. The van der Waals surface area contributed by atoms with E-state index in [9.17, 15) is 5.11 Å². The minimum atomic E-state index is -0.563. The Bertz CT molecular complexity index is 784. The van der Waals surface area contributed by atoms with Crippen LogP contribution in [0.3, 0.4) is 0 Å². The highest BCUT2D eigenvalue weighted by molar-refractivity contribution is 6.30. The first-order valence-electron chi connectivity index (χ1n) is 7.88. The Kier molecular flexibility index (Phi) is 5.30. The highest BCUT2D eigenvalue weighted by atomic mass is 35.5. The molecular formula is C19H20ClN3O. The lowest BCUT2D eigenvalue weighted by Crippen LogP contribution is -2.21. The van der Waals surface area contributed by atoms with Gasteiger partial charge >= 0.3 is 0 Å². The lowest BCUT2D eigenvalue weighted by atomic mass is 10.1. The van der Waals surface area contributed by atoms with Crippen molar-refractivity contribution in [3.63, 3.8) is 0 Å². The third-order valence-corrected chi connectivity index (χ3v) is 4.18. The van der Waals surface area contributed by atoms with Crippen LogP contribution in [0.5, 0.6) is 0 Å². The minimum Gasteiger partial charge on any atom is -0.387 e. The van der Waals surface area contributed by atoms with Crippen molar-refractivity contribution in [2.75, 3.05) is 6.54 Å². The van der Waals surface area contributed by atoms with E-state index < -0.39 is 6.10 Å². The molecule has 0 fully saturated rings. The van der Waals surface area contributed by atoms with Crippen molar-refractivity contribution in [1.82, 2.24) is 15.1 Å². The number of hydrogen-bond acceptors (Lipinski definition) is 3. The molecule has 4 nitrogen and oxygen atoms in total. The maximum atomic E-state index is 10.2. The normalized spacial score (nSPS) is 12.3. The van der Waals surface area contributed by atoms with E-state index in [1.165, 1.54) is 0 Å². The third kappa shape index (κ3) is 4.03. The number of aryl methyl sites for hydroxylation is 1. The summed E-state index contributed by atoms with van der Waals surface area (Å²) in [7, 11) is 0. The number of halogens is 1. The van der Waals surface area contributed by atoms with E-state index in [-0.39, 0.29) is 0 Å². The summed E-state index contributed by atoms with van der Waals surface area (Å²) in [6.07, 6.45) is 1.46. The van der Waals surface area contributed by atoms with Crippen LogP contribution in [0.2, 0.25) is 5.02 Å². The molecule has 0 aliphatic carbocycles. The number of aromatic nitrogens is 2. The summed E-state index contributed by atoms with van der Waals surface area (Å²) in [4.78, 5) is 0. The van der Waals surface area contributed by atoms with Crippen molar-refractivity contribution in [3.05, 3.63) is 82.6 Å². The summed E-state index contributed by atoms with van der Waals surface area (Å²) >= 11 is 5.86. The molecule has 0 saturated heterocycles. The molecule has 0 aliphatic rings. The predicted molar refractivity (Wildman–Crippen MR) is 96.4 cm³/mol. The monoisotopic (exact) mass is 341 g/mol. The lowest BCUT2D eigenvalue weighted by Gasteiger charge is -2.12. The number of nitrogens with one attached hydrogen (secondary N) is 1. The fourth-order valence-corrected chi connectivity index (χ4v) is 2.65. The van der Waals surface area contributed by atoms with Crippen molar-refractivity contribution < 1.29 is 5.11 Å². The summed E-state index contributed by atoms with van der Waals surface area (Å²) in [5.74, 6) is 0.